The lowest BCUT2D eigenvalue weighted by molar-refractivity contribution is 0.187. The predicted molar refractivity (Wildman–Crippen MR) is 95.4 cm³/mol. The number of ether oxygens (including phenoxy) is 1. The van der Waals surface area contributed by atoms with Crippen molar-refractivity contribution in [3.63, 3.8) is 0 Å². The molecule has 10 heteroatoms. The molecule has 3 aromatic heterocycles. The molecule has 1 saturated carbocycles. The van der Waals surface area contributed by atoms with Crippen LogP contribution in [-0.4, -0.2) is 43.8 Å². The SMILES string of the molecule is C=c1[nH]c(=O)[nH]/c1=C\c1cnn2c(NC3CC3)cc(NC(=O)OC)nc12. The number of aromatic amines is 2. The van der Waals surface area contributed by atoms with E-state index in [1.807, 2.05) is 0 Å². The standard InChI is InChI=1S/C16H17N7O3/c1-8-11(20-15(24)18-8)5-9-7-17-23-13(19-10-3-4-10)6-12(21-14(9)23)22-16(25)26-2/h5-7,10,19H,1,3-4H2,2H3,(H2,18,20,24)(H,21,22,25)/b11-5-. The third kappa shape index (κ3) is 3.04. The van der Waals surface area contributed by atoms with Crippen molar-refractivity contribution in [3.05, 3.63) is 39.0 Å². The number of methoxy groups -OCH3 is 1. The van der Waals surface area contributed by atoms with Crippen molar-refractivity contribution in [3.8, 4) is 0 Å². The minimum absolute atomic E-state index is 0.333. The number of fused-ring (bicyclic) bond motifs is 1. The Kier molecular flexibility index (Phi) is 3.72. The van der Waals surface area contributed by atoms with E-state index in [0.29, 0.717) is 39.6 Å². The van der Waals surface area contributed by atoms with Crippen LogP contribution in [-0.2, 0) is 4.74 Å². The quantitative estimate of drug-likeness (QED) is 0.510. The molecule has 134 valence electrons. The predicted octanol–water partition coefficient (Wildman–Crippen LogP) is -0.263. The molecule has 0 aromatic carbocycles. The number of carbonyl (C=O) groups excluding carboxylic acids is 1. The van der Waals surface area contributed by atoms with Crippen LogP contribution in [0.25, 0.3) is 18.3 Å². The van der Waals surface area contributed by atoms with Gasteiger partial charge in [0.15, 0.2) is 5.65 Å². The van der Waals surface area contributed by atoms with Crippen LogP contribution in [0, 0.1) is 0 Å². The highest BCUT2D eigenvalue weighted by Gasteiger charge is 2.23. The van der Waals surface area contributed by atoms with E-state index in [1.165, 1.54) is 7.11 Å². The number of nitrogens with zero attached hydrogens (tertiary/aromatic N) is 3. The highest BCUT2D eigenvalue weighted by atomic mass is 16.5. The van der Waals surface area contributed by atoms with Crippen molar-refractivity contribution in [2.45, 2.75) is 18.9 Å². The van der Waals surface area contributed by atoms with Crippen LogP contribution in [0.15, 0.2) is 17.1 Å². The topological polar surface area (TPSA) is 129 Å². The number of H-pyrrole nitrogens is 2. The number of amides is 1. The van der Waals surface area contributed by atoms with Gasteiger partial charge in [-0.15, -0.1) is 0 Å². The van der Waals surface area contributed by atoms with Gasteiger partial charge in [-0.2, -0.15) is 9.61 Å². The maximum atomic E-state index is 11.5. The summed E-state index contributed by atoms with van der Waals surface area (Å²) in [6.07, 6.45) is 4.91. The van der Waals surface area contributed by atoms with Crippen molar-refractivity contribution in [1.29, 1.82) is 0 Å². The molecule has 1 aliphatic rings. The zero-order valence-electron chi connectivity index (χ0n) is 14.0. The van der Waals surface area contributed by atoms with Crippen molar-refractivity contribution < 1.29 is 9.53 Å². The van der Waals surface area contributed by atoms with Gasteiger partial charge in [0.1, 0.15) is 11.6 Å². The van der Waals surface area contributed by atoms with E-state index in [-0.39, 0.29) is 5.69 Å². The Morgan fingerprint density at radius 3 is 2.92 bits per heavy atom. The molecule has 0 radical (unpaired) electrons. The summed E-state index contributed by atoms with van der Waals surface area (Å²) in [5.41, 5.74) is 0.843. The fraction of sp³-hybridized carbons (Fsp3) is 0.250. The maximum absolute atomic E-state index is 11.5. The Morgan fingerprint density at radius 1 is 1.46 bits per heavy atom. The number of nitrogens with one attached hydrogen (secondary N) is 4. The van der Waals surface area contributed by atoms with Gasteiger partial charge in [-0.05, 0) is 18.9 Å². The number of anilines is 2. The first kappa shape index (κ1) is 15.9. The molecule has 1 aliphatic carbocycles. The molecular weight excluding hydrogens is 338 g/mol. The summed E-state index contributed by atoms with van der Waals surface area (Å²) in [6, 6.07) is 2.08. The average Bonchev–Trinajstić information content (AvgIpc) is 3.24. The molecule has 0 aliphatic heterocycles. The zero-order valence-corrected chi connectivity index (χ0v) is 14.0. The van der Waals surface area contributed by atoms with Crippen LogP contribution in [0.5, 0.6) is 0 Å². The Balaban J connectivity index is 1.86. The highest BCUT2D eigenvalue weighted by Crippen LogP contribution is 2.27. The Morgan fingerprint density at radius 2 is 2.27 bits per heavy atom. The summed E-state index contributed by atoms with van der Waals surface area (Å²) in [5.74, 6) is 1.04. The molecule has 1 amide bonds. The Labute approximate surface area is 146 Å². The zero-order chi connectivity index (χ0) is 18.3. The molecule has 3 aromatic rings. The van der Waals surface area contributed by atoms with E-state index < -0.39 is 6.09 Å². The van der Waals surface area contributed by atoms with Crippen molar-refractivity contribution in [2.75, 3.05) is 17.7 Å². The minimum atomic E-state index is -0.612. The van der Waals surface area contributed by atoms with E-state index >= 15 is 0 Å². The van der Waals surface area contributed by atoms with E-state index in [9.17, 15) is 9.59 Å². The van der Waals surface area contributed by atoms with Gasteiger partial charge in [-0.3, -0.25) is 5.32 Å². The first-order valence-electron chi connectivity index (χ1n) is 8.03. The van der Waals surface area contributed by atoms with E-state index in [1.54, 1.807) is 22.9 Å². The molecule has 0 unspecified atom stereocenters. The summed E-state index contributed by atoms with van der Waals surface area (Å²) < 4.78 is 6.29. The van der Waals surface area contributed by atoms with Crippen LogP contribution in [0.1, 0.15) is 18.4 Å². The van der Waals surface area contributed by atoms with Gasteiger partial charge in [0, 0.05) is 17.7 Å². The van der Waals surface area contributed by atoms with Crippen molar-refractivity contribution in [1.82, 2.24) is 24.6 Å². The molecule has 0 atom stereocenters. The number of rotatable bonds is 4. The lowest BCUT2D eigenvalue weighted by Crippen LogP contribution is -2.22. The Bertz CT molecular complexity index is 1150. The molecule has 4 N–H and O–H groups in total. The second-order valence-electron chi connectivity index (χ2n) is 6.01. The van der Waals surface area contributed by atoms with E-state index in [0.717, 1.165) is 12.8 Å². The Hall–Kier alpha value is -3.56. The minimum Gasteiger partial charge on any atom is -0.453 e. The molecule has 3 heterocycles. The van der Waals surface area contributed by atoms with E-state index in [2.05, 4.69) is 42.0 Å². The molecule has 0 spiro atoms. The van der Waals surface area contributed by atoms with Gasteiger partial charge >= 0.3 is 11.8 Å². The normalized spacial score (nSPS) is 14.6. The van der Waals surface area contributed by atoms with Crippen LogP contribution >= 0.6 is 0 Å². The van der Waals surface area contributed by atoms with Gasteiger partial charge in [0.05, 0.1) is 24.0 Å². The van der Waals surface area contributed by atoms with Crippen molar-refractivity contribution in [2.24, 2.45) is 0 Å². The maximum Gasteiger partial charge on any atom is 0.412 e. The molecule has 0 saturated heterocycles. The average molecular weight is 355 g/mol. The smallest absolute Gasteiger partial charge is 0.412 e. The summed E-state index contributed by atoms with van der Waals surface area (Å²) in [7, 11) is 1.28. The molecule has 26 heavy (non-hydrogen) atoms. The first-order valence-corrected chi connectivity index (χ1v) is 8.03. The van der Waals surface area contributed by atoms with Crippen molar-refractivity contribution >= 4 is 36.0 Å². The van der Waals surface area contributed by atoms with Gasteiger partial charge in [0.2, 0.25) is 0 Å². The largest absolute Gasteiger partial charge is 0.453 e. The van der Waals surface area contributed by atoms with Crippen LogP contribution in [0.2, 0.25) is 0 Å². The number of hydrogen-bond acceptors (Lipinski definition) is 6. The van der Waals surface area contributed by atoms with Gasteiger partial charge < -0.3 is 20.0 Å². The molecule has 10 nitrogen and oxygen atoms in total. The molecule has 1 fully saturated rings. The lowest BCUT2D eigenvalue weighted by atomic mass is 10.3. The number of carbonyl (C=O) groups is 1. The highest BCUT2D eigenvalue weighted by molar-refractivity contribution is 5.84. The van der Waals surface area contributed by atoms with Gasteiger partial charge in [-0.1, -0.05) is 6.58 Å². The van der Waals surface area contributed by atoms with Gasteiger partial charge in [-0.25, -0.2) is 14.6 Å². The fourth-order valence-corrected chi connectivity index (χ4v) is 2.55. The van der Waals surface area contributed by atoms with Crippen LogP contribution < -0.4 is 27.0 Å². The third-order valence-electron chi connectivity index (χ3n) is 3.98. The lowest BCUT2D eigenvalue weighted by Gasteiger charge is -2.10. The third-order valence-corrected chi connectivity index (χ3v) is 3.98. The second-order valence-corrected chi connectivity index (χ2v) is 6.01. The van der Waals surface area contributed by atoms with E-state index in [4.69, 9.17) is 0 Å². The number of imidazole rings is 1. The summed E-state index contributed by atoms with van der Waals surface area (Å²) >= 11 is 0. The first-order chi connectivity index (χ1) is 12.5. The second kappa shape index (κ2) is 6.06. The number of aromatic nitrogens is 5. The molecular formula is C16H17N7O3. The summed E-state index contributed by atoms with van der Waals surface area (Å²) in [4.78, 5) is 32.6. The molecule has 0 bridgehead atoms. The van der Waals surface area contributed by atoms with Gasteiger partial charge in [0.25, 0.3) is 0 Å². The summed E-state index contributed by atoms with van der Waals surface area (Å²) in [6.45, 7) is 3.78. The number of hydrogen-bond donors (Lipinski definition) is 4. The fourth-order valence-electron chi connectivity index (χ4n) is 2.55. The monoisotopic (exact) mass is 355 g/mol. The van der Waals surface area contributed by atoms with Crippen LogP contribution in [0.4, 0.5) is 16.4 Å². The van der Waals surface area contributed by atoms with Crippen LogP contribution in [0.3, 0.4) is 0 Å². The molecule has 4 rings (SSSR count). The summed E-state index contributed by atoms with van der Waals surface area (Å²) in [5, 5.41) is 11.3.